The molecule has 0 unspecified atom stereocenters. The molecule has 31 heavy (non-hydrogen) atoms. The number of pyridine rings is 1. The fourth-order valence-electron chi connectivity index (χ4n) is 2.41. The van der Waals surface area contributed by atoms with Crippen molar-refractivity contribution in [2.24, 2.45) is 0 Å². The van der Waals surface area contributed by atoms with Crippen molar-refractivity contribution >= 4 is 40.8 Å². The van der Waals surface area contributed by atoms with Crippen LogP contribution in [0, 0.1) is 17.1 Å². The Balaban J connectivity index is 1.80. The topological polar surface area (TPSA) is 77.8 Å². The molecule has 0 atom stereocenters. The Bertz CT molecular complexity index is 1160. The summed E-state index contributed by atoms with van der Waals surface area (Å²) >= 11 is 6.71. The molecule has 3 aromatic rings. The number of carbonyl (C=O) groups excluding carboxylic acids is 1. The lowest BCUT2D eigenvalue weighted by atomic mass is 10.1. The number of hydrogen-bond acceptors (Lipinski definition) is 5. The molecule has 1 heterocycles. The lowest BCUT2D eigenvalue weighted by molar-refractivity contribution is -0.141. The predicted molar refractivity (Wildman–Crippen MR) is 109 cm³/mol. The van der Waals surface area contributed by atoms with Gasteiger partial charge in [-0.3, -0.25) is 4.79 Å². The molecule has 0 aliphatic heterocycles. The zero-order valence-corrected chi connectivity index (χ0v) is 16.9. The van der Waals surface area contributed by atoms with Gasteiger partial charge in [-0.1, -0.05) is 11.6 Å². The normalized spacial score (nSPS) is 11.0. The smallest absolute Gasteiger partial charge is 0.326 e. The molecule has 0 aliphatic carbocycles. The highest BCUT2D eigenvalue weighted by atomic mass is 35.5. The number of nitrogens with zero attached hydrogens (tertiary/aromatic N) is 2. The van der Waals surface area contributed by atoms with Gasteiger partial charge in [0, 0.05) is 16.4 Å². The zero-order chi connectivity index (χ0) is 22.6. The van der Waals surface area contributed by atoms with Gasteiger partial charge < -0.3 is 10.0 Å². The van der Waals surface area contributed by atoms with Crippen molar-refractivity contribution < 1.29 is 22.4 Å². The Labute approximate surface area is 183 Å². The molecule has 0 spiro atoms. The molecule has 0 aliphatic rings. The number of rotatable bonds is 5. The summed E-state index contributed by atoms with van der Waals surface area (Å²) in [6.07, 6.45) is -4.94. The quantitative estimate of drug-likeness (QED) is 0.349. The summed E-state index contributed by atoms with van der Waals surface area (Å²) in [6, 6.07) is 13.6. The lowest BCUT2D eigenvalue weighted by Gasteiger charge is -2.13. The van der Waals surface area contributed by atoms with Gasteiger partial charge in [0.25, 0.3) is 5.91 Å². The van der Waals surface area contributed by atoms with Crippen LogP contribution in [0.1, 0.15) is 21.7 Å². The molecule has 0 bridgehead atoms. The summed E-state index contributed by atoms with van der Waals surface area (Å²) in [4.78, 5) is 15.7. The van der Waals surface area contributed by atoms with E-state index >= 15 is 0 Å². The molecule has 0 saturated heterocycles. The van der Waals surface area contributed by atoms with Crippen molar-refractivity contribution in [3.8, 4) is 6.07 Å². The summed E-state index contributed by atoms with van der Waals surface area (Å²) in [6.45, 7) is 0. The first-order chi connectivity index (χ1) is 14.7. The van der Waals surface area contributed by atoms with Crippen molar-refractivity contribution in [3.05, 3.63) is 82.4 Å². The predicted octanol–water partition coefficient (Wildman–Crippen LogP) is 6.14. The van der Waals surface area contributed by atoms with E-state index in [0.717, 1.165) is 30.1 Å². The van der Waals surface area contributed by atoms with E-state index in [-0.39, 0.29) is 10.6 Å². The van der Waals surface area contributed by atoms with Crippen LogP contribution in [0.25, 0.3) is 0 Å². The molecule has 0 saturated carbocycles. The van der Waals surface area contributed by atoms with Crippen molar-refractivity contribution in [1.82, 2.24) is 4.98 Å². The van der Waals surface area contributed by atoms with E-state index in [0.29, 0.717) is 10.7 Å². The van der Waals surface area contributed by atoms with Crippen molar-refractivity contribution in [2.45, 2.75) is 11.1 Å². The first-order valence-corrected chi connectivity index (χ1v) is 9.64. The number of alkyl halides is 3. The summed E-state index contributed by atoms with van der Waals surface area (Å²) in [5.41, 5.74) is -2.00. The van der Waals surface area contributed by atoms with Crippen LogP contribution >= 0.6 is 23.5 Å². The number of benzene rings is 2. The van der Waals surface area contributed by atoms with E-state index in [1.54, 1.807) is 24.3 Å². The lowest BCUT2D eigenvalue weighted by Crippen LogP contribution is -2.20. The third-order valence-electron chi connectivity index (χ3n) is 3.84. The molecule has 0 fully saturated rings. The third-order valence-corrected chi connectivity index (χ3v) is 4.96. The van der Waals surface area contributed by atoms with E-state index in [2.05, 4.69) is 15.0 Å². The van der Waals surface area contributed by atoms with Gasteiger partial charge in [-0.25, -0.2) is 9.37 Å². The maximum absolute atomic E-state index is 14.1. The fourth-order valence-corrected chi connectivity index (χ4v) is 3.25. The van der Waals surface area contributed by atoms with Crippen LogP contribution < -0.4 is 10.0 Å². The number of carbonyl (C=O) groups is 1. The molecule has 3 rings (SSSR count). The van der Waals surface area contributed by atoms with E-state index < -0.39 is 34.9 Å². The minimum Gasteiger partial charge on any atom is -0.326 e. The molecule has 1 aromatic heterocycles. The van der Waals surface area contributed by atoms with E-state index in [9.17, 15) is 22.4 Å². The number of halogens is 5. The third kappa shape index (κ3) is 5.65. The van der Waals surface area contributed by atoms with Crippen LogP contribution in [0.4, 0.5) is 28.9 Å². The highest BCUT2D eigenvalue weighted by Crippen LogP contribution is 2.32. The molecule has 2 N–H and O–H groups in total. The fraction of sp³-hybridized carbons (Fsp3) is 0.0500. The summed E-state index contributed by atoms with van der Waals surface area (Å²) in [5, 5.41) is 11.6. The summed E-state index contributed by atoms with van der Waals surface area (Å²) in [5.74, 6) is -1.70. The van der Waals surface area contributed by atoms with Gasteiger partial charge in [0.15, 0.2) is 5.69 Å². The summed E-state index contributed by atoms with van der Waals surface area (Å²) < 4.78 is 56.8. The van der Waals surface area contributed by atoms with Crippen LogP contribution in [0.15, 0.2) is 59.5 Å². The Morgan fingerprint density at radius 1 is 1.06 bits per heavy atom. The maximum Gasteiger partial charge on any atom is 0.434 e. The summed E-state index contributed by atoms with van der Waals surface area (Å²) in [7, 11) is 0. The Hall–Kier alpha value is -3.29. The minimum absolute atomic E-state index is 0.0734. The van der Waals surface area contributed by atoms with E-state index in [1.165, 1.54) is 18.2 Å². The number of nitrogens with one attached hydrogen (secondary N) is 2. The SMILES string of the molecule is N#Cc1ccc(C(=O)Nc2ccc(F)c(SNc3ccc(Cl)cc3)c2)c(C(F)(F)F)n1. The maximum atomic E-state index is 14.1. The molecule has 158 valence electrons. The number of hydrogen-bond donors (Lipinski definition) is 2. The van der Waals surface area contributed by atoms with Crippen LogP contribution in [0.2, 0.25) is 5.02 Å². The van der Waals surface area contributed by atoms with Gasteiger partial charge >= 0.3 is 6.18 Å². The average Bonchev–Trinajstić information content (AvgIpc) is 2.74. The van der Waals surface area contributed by atoms with Crippen molar-refractivity contribution in [1.29, 1.82) is 5.26 Å². The van der Waals surface area contributed by atoms with E-state index in [4.69, 9.17) is 16.9 Å². The van der Waals surface area contributed by atoms with Crippen LogP contribution in [-0.4, -0.2) is 10.9 Å². The monoisotopic (exact) mass is 466 g/mol. The molecule has 0 radical (unpaired) electrons. The van der Waals surface area contributed by atoms with Gasteiger partial charge in [0.05, 0.1) is 10.5 Å². The van der Waals surface area contributed by atoms with Gasteiger partial charge in [-0.15, -0.1) is 0 Å². The van der Waals surface area contributed by atoms with Gasteiger partial charge in [-0.05, 0) is 66.5 Å². The Kier molecular flexibility index (Phi) is 6.68. The first kappa shape index (κ1) is 22.4. The highest BCUT2D eigenvalue weighted by molar-refractivity contribution is 8.00. The molecule has 2 aromatic carbocycles. The Morgan fingerprint density at radius 3 is 2.39 bits per heavy atom. The van der Waals surface area contributed by atoms with Crippen molar-refractivity contribution in [3.63, 3.8) is 0 Å². The molecule has 11 heteroatoms. The number of amides is 1. The van der Waals surface area contributed by atoms with Gasteiger partial charge in [0.1, 0.15) is 17.6 Å². The average molecular weight is 467 g/mol. The van der Waals surface area contributed by atoms with Crippen LogP contribution in [0.5, 0.6) is 0 Å². The zero-order valence-electron chi connectivity index (χ0n) is 15.3. The number of aromatic nitrogens is 1. The van der Waals surface area contributed by atoms with Gasteiger partial charge in [0.2, 0.25) is 0 Å². The van der Waals surface area contributed by atoms with E-state index in [1.807, 2.05) is 0 Å². The molecular formula is C20H11ClF4N4OS. The van der Waals surface area contributed by atoms with Crippen LogP contribution in [-0.2, 0) is 6.18 Å². The van der Waals surface area contributed by atoms with Crippen LogP contribution in [0.3, 0.4) is 0 Å². The minimum atomic E-state index is -4.94. The molecule has 5 nitrogen and oxygen atoms in total. The standard InChI is InChI=1S/C20H11ClF4N4OS/c21-11-1-3-12(4-2-11)29-31-17-9-13(6-8-16(17)22)28-19(30)15-7-5-14(10-26)27-18(15)20(23,24)25/h1-9,29H,(H,28,30). The second-order valence-corrected chi connectivity index (χ2v) is 7.30. The highest BCUT2D eigenvalue weighted by Gasteiger charge is 2.37. The number of anilines is 2. The van der Waals surface area contributed by atoms with Crippen molar-refractivity contribution in [2.75, 3.05) is 10.0 Å². The second-order valence-electron chi connectivity index (χ2n) is 6.01. The van der Waals surface area contributed by atoms with Gasteiger partial charge in [-0.2, -0.15) is 18.4 Å². The molecule has 1 amide bonds. The Morgan fingerprint density at radius 2 is 1.74 bits per heavy atom. The second kappa shape index (κ2) is 9.24. The number of nitriles is 1. The largest absolute Gasteiger partial charge is 0.434 e. The molecular weight excluding hydrogens is 456 g/mol. The first-order valence-electron chi connectivity index (χ1n) is 8.45.